The van der Waals surface area contributed by atoms with E-state index < -0.39 is 5.97 Å². The summed E-state index contributed by atoms with van der Waals surface area (Å²) in [4.78, 5) is 12.9. The van der Waals surface area contributed by atoms with Crippen LogP contribution in [0.4, 0.5) is 0 Å². The molecule has 0 amide bonds. The van der Waals surface area contributed by atoms with E-state index in [1.54, 1.807) is 7.11 Å². The second-order valence-electron chi connectivity index (χ2n) is 5.62. The fourth-order valence-corrected chi connectivity index (χ4v) is 3.27. The molecule has 0 saturated heterocycles. The molecule has 0 unspecified atom stereocenters. The minimum absolute atomic E-state index is 0.132. The van der Waals surface area contributed by atoms with Crippen LogP contribution in [0.5, 0.6) is 5.75 Å². The Morgan fingerprint density at radius 3 is 2.82 bits per heavy atom. The Morgan fingerprint density at radius 2 is 2.23 bits per heavy atom. The fourth-order valence-electron chi connectivity index (χ4n) is 2.87. The predicted octanol–water partition coefficient (Wildman–Crippen LogP) is 2.48. The van der Waals surface area contributed by atoms with Crippen molar-refractivity contribution in [2.24, 2.45) is 0 Å². The Bertz CT molecular complexity index is 518. The standard InChI is InChI=1S/C16H23BrN2O3/c1-3-19(10-16(20)21)14-7-13(8-14)18-9-11-6-12(17)4-5-15(11)22-2/h4-6,13-14,18H,3,7-10H2,1-2H3,(H,20,21). The molecule has 2 N–H and O–H groups in total. The van der Waals surface area contributed by atoms with Crippen molar-refractivity contribution in [2.45, 2.75) is 38.4 Å². The molecule has 1 fully saturated rings. The van der Waals surface area contributed by atoms with Gasteiger partial charge in [-0.3, -0.25) is 9.69 Å². The van der Waals surface area contributed by atoms with E-state index in [0.29, 0.717) is 12.1 Å². The molecule has 1 aromatic rings. The number of halogens is 1. The third kappa shape index (κ3) is 4.44. The highest BCUT2D eigenvalue weighted by molar-refractivity contribution is 9.10. The van der Waals surface area contributed by atoms with Crippen molar-refractivity contribution in [2.75, 3.05) is 20.2 Å². The van der Waals surface area contributed by atoms with E-state index in [1.807, 2.05) is 24.0 Å². The lowest BCUT2D eigenvalue weighted by Crippen LogP contribution is -2.53. The highest BCUT2D eigenvalue weighted by Crippen LogP contribution is 2.27. The molecule has 0 spiro atoms. The van der Waals surface area contributed by atoms with Gasteiger partial charge in [-0.25, -0.2) is 0 Å². The van der Waals surface area contributed by atoms with Crippen LogP contribution < -0.4 is 10.1 Å². The number of aliphatic carboxylic acids is 1. The number of nitrogens with one attached hydrogen (secondary N) is 1. The number of methoxy groups -OCH3 is 1. The maximum atomic E-state index is 10.8. The normalized spacial score (nSPS) is 20.7. The number of likely N-dealkylation sites (N-methyl/N-ethyl adjacent to an activating group) is 1. The molecular weight excluding hydrogens is 348 g/mol. The SMILES string of the molecule is CCN(CC(=O)O)C1CC(NCc2cc(Br)ccc2OC)C1. The van der Waals surface area contributed by atoms with Gasteiger partial charge in [0.15, 0.2) is 0 Å². The van der Waals surface area contributed by atoms with Gasteiger partial charge in [-0.1, -0.05) is 22.9 Å². The molecular formula is C16H23BrN2O3. The average molecular weight is 371 g/mol. The van der Waals surface area contributed by atoms with Gasteiger partial charge >= 0.3 is 5.97 Å². The molecule has 0 aliphatic heterocycles. The lowest BCUT2D eigenvalue weighted by Gasteiger charge is -2.42. The van der Waals surface area contributed by atoms with Gasteiger partial charge in [0.05, 0.1) is 13.7 Å². The van der Waals surface area contributed by atoms with Gasteiger partial charge in [0.2, 0.25) is 0 Å². The van der Waals surface area contributed by atoms with Crippen LogP contribution in [-0.4, -0.2) is 48.3 Å². The van der Waals surface area contributed by atoms with Crippen LogP contribution in [0.3, 0.4) is 0 Å². The molecule has 0 bridgehead atoms. The zero-order valence-corrected chi connectivity index (χ0v) is 14.6. The van der Waals surface area contributed by atoms with E-state index in [9.17, 15) is 4.79 Å². The number of carboxylic acid groups (broad SMARTS) is 1. The zero-order valence-electron chi connectivity index (χ0n) is 13.0. The minimum atomic E-state index is -0.753. The van der Waals surface area contributed by atoms with Crippen molar-refractivity contribution < 1.29 is 14.6 Å². The van der Waals surface area contributed by atoms with Crippen LogP contribution in [0.15, 0.2) is 22.7 Å². The van der Waals surface area contributed by atoms with Crippen molar-refractivity contribution >= 4 is 21.9 Å². The maximum Gasteiger partial charge on any atom is 0.317 e. The van der Waals surface area contributed by atoms with Crippen LogP contribution >= 0.6 is 15.9 Å². The average Bonchev–Trinajstić information content (AvgIpc) is 2.44. The minimum Gasteiger partial charge on any atom is -0.496 e. The van der Waals surface area contributed by atoms with Crippen molar-refractivity contribution in [1.82, 2.24) is 10.2 Å². The predicted molar refractivity (Wildman–Crippen MR) is 89.2 cm³/mol. The molecule has 1 aromatic carbocycles. The molecule has 0 aromatic heterocycles. The summed E-state index contributed by atoms with van der Waals surface area (Å²) in [5.74, 6) is 0.129. The van der Waals surface area contributed by atoms with Crippen molar-refractivity contribution in [3.63, 3.8) is 0 Å². The summed E-state index contributed by atoms with van der Waals surface area (Å²) >= 11 is 3.48. The summed E-state index contributed by atoms with van der Waals surface area (Å²) < 4.78 is 6.41. The van der Waals surface area contributed by atoms with E-state index in [4.69, 9.17) is 9.84 Å². The third-order valence-corrected chi connectivity index (χ3v) is 4.69. The molecule has 2 rings (SSSR count). The molecule has 0 atom stereocenters. The lowest BCUT2D eigenvalue weighted by molar-refractivity contribution is -0.139. The van der Waals surface area contributed by atoms with E-state index >= 15 is 0 Å². The second kappa shape index (κ2) is 7.94. The first-order chi connectivity index (χ1) is 10.5. The van der Waals surface area contributed by atoms with E-state index in [0.717, 1.165) is 41.7 Å². The Labute approximate surface area is 139 Å². The summed E-state index contributed by atoms with van der Waals surface area (Å²) in [6, 6.07) is 6.80. The summed E-state index contributed by atoms with van der Waals surface area (Å²) in [5.41, 5.74) is 1.12. The first kappa shape index (κ1) is 17.2. The number of hydrogen-bond acceptors (Lipinski definition) is 4. The van der Waals surface area contributed by atoms with Crippen LogP contribution in [0.25, 0.3) is 0 Å². The molecule has 5 nitrogen and oxygen atoms in total. The molecule has 122 valence electrons. The highest BCUT2D eigenvalue weighted by atomic mass is 79.9. The number of carbonyl (C=O) groups is 1. The number of rotatable bonds is 8. The first-order valence-electron chi connectivity index (χ1n) is 7.55. The van der Waals surface area contributed by atoms with Gasteiger partial charge in [-0.05, 0) is 37.6 Å². The highest BCUT2D eigenvalue weighted by Gasteiger charge is 2.33. The van der Waals surface area contributed by atoms with E-state index in [-0.39, 0.29) is 6.54 Å². The number of hydrogen-bond donors (Lipinski definition) is 2. The van der Waals surface area contributed by atoms with Gasteiger partial charge in [-0.2, -0.15) is 0 Å². The van der Waals surface area contributed by atoms with Crippen molar-refractivity contribution in [1.29, 1.82) is 0 Å². The third-order valence-electron chi connectivity index (χ3n) is 4.20. The summed E-state index contributed by atoms with van der Waals surface area (Å²) in [6.07, 6.45) is 1.99. The van der Waals surface area contributed by atoms with Gasteiger partial charge in [-0.15, -0.1) is 0 Å². The lowest BCUT2D eigenvalue weighted by atomic mass is 9.85. The molecule has 6 heteroatoms. The Kier molecular flexibility index (Phi) is 6.23. The zero-order chi connectivity index (χ0) is 16.1. The Hall–Kier alpha value is -1.11. The topological polar surface area (TPSA) is 61.8 Å². The molecule has 1 aliphatic carbocycles. The number of benzene rings is 1. The van der Waals surface area contributed by atoms with Crippen molar-refractivity contribution in [3.05, 3.63) is 28.2 Å². The van der Waals surface area contributed by atoms with Crippen LogP contribution in [-0.2, 0) is 11.3 Å². The Morgan fingerprint density at radius 1 is 1.50 bits per heavy atom. The molecule has 22 heavy (non-hydrogen) atoms. The first-order valence-corrected chi connectivity index (χ1v) is 8.34. The largest absolute Gasteiger partial charge is 0.496 e. The molecule has 1 saturated carbocycles. The fraction of sp³-hybridized carbons (Fsp3) is 0.562. The monoisotopic (exact) mass is 370 g/mol. The van der Waals surface area contributed by atoms with Crippen LogP contribution in [0.1, 0.15) is 25.3 Å². The number of carboxylic acids is 1. The van der Waals surface area contributed by atoms with Gasteiger partial charge in [0.25, 0.3) is 0 Å². The number of nitrogens with zero attached hydrogens (tertiary/aromatic N) is 1. The van der Waals surface area contributed by atoms with Crippen LogP contribution in [0, 0.1) is 0 Å². The summed E-state index contributed by atoms with van der Waals surface area (Å²) in [5, 5.41) is 12.4. The van der Waals surface area contributed by atoms with Crippen LogP contribution in [0.2, 0.25) is 0 Å². The van der Waals surface area contributed by atoms with E-state index in [2.05, 4.69) is 27.3 Å². The van der Waals surface area contributed by atoms with E-state index in [1.165, 1.54) is 0 Å². The van der Waals surface area contributed by atoms with Gasteiger partial charge in [0.1, 0.15) is 5.75 Å². The quantitative estimate of drug-likeness (QED) is 0.735. The molecule has 1 aliphatic rings. The smallest absolute Gasteiger partial charge is 0.317 e. The summed E-state index contributed by atoms with van der Waals surface area (Å²) in [7, 11) is 1.68. The second-order valence-corrected chi connectivity index (χ2v) is 6.53. The van der Waals surface area contributed by atoms with Crippen molar-refractivity contribution in [3.8, 4) is 5.75 Å². The maximum absolute atomic E-state index is 10.8. The molecule has 0 heterocycles. The Balaban J connectivity index is 1.81. The van der Waals surface area contributed by atoms with Gasteiger partial charge in [0, 0.05) is 28.7 Å². The van der Waals surface area contributed by atoms with Gasteiger partial charge < -0.3 is 15.2 Å². The number of ether oxygens (including phenoxy) is 1. The summed E-state index contributed by atoms with van der Waals surface area (Å²) in [6.45, 7) is 3.68. The molecule has 0 radical (unpaired) electrons.